The number of imidazole rings is 1. The van der Waals surface area contributed by atoms with Crippen molar-refractivity contribution in [1.82, 2.24) is 25.0 Å². The Kier molecular flexibility index (Phi) is 3.17. The summed E-state index contributed by atoms with van der Waals surface area (Å²) in [5.74, 6) is 0.614. The molecule has 7 nitrogen and oxygen atoms in total. The van der Waals surface area contributed by atoms with Gasteiger partial charge in [-0.1, -0.05) is 5.16 Å². The van der Waals surface area contributed by atoms with Gasteiger partial charge in [-0.3, -0.25) is 4.79 Å². The lowest BCUT2D eigenvalue weighted by Gasteiger charge is -2.16. The fraction of sp³-hybridized carbons (Fsp3) is 0.286. The van der Waals surface area contributed by atoms with E-state index in [0.29, 0.717) is 34.6 Å². The number of hydrogen-bond acceptors (Lipinski definition) is 5. The molecular formula is C14H15N5O2. The average molecular weight is 285 g/mol. The highest BCUT2D eigenvalue weighted by Gasteiger charge is 2.21. The predicted molar refractivity (Wildman–Crippen MR) is 75.7 cm³/mol. The quantitative estimate of drug-likeness (QED) is 0.793. The third kappa shape index (κ3) is 2.37. The summed E-state index contributed by atoms with van der Waals surface area (Å²) in [4.78, 5) is 25.6. The minimum atomic E-state index is -0.117. The number of aryl methyl sites for hydroxylation is 2. The first-order valence-corrected chi connectivity index (χ1v) is 6.53. The first-order chi connectivity index (χ1) is 10.1. The third-order valence-electron chi connectivity index (χ3n) is 3.26. The summed E-state index contributed by atoms with van der Waals surface area (Å²) in [7, 11) is 1.73. The molecule has 0 unspecified atom stereocenters. The number of nitrogens with one attached hydrogen (secondary N) is 1. The van der Waals surface area contributed by atoms with Gasteiger partial charge in [0.25, 0.3) is 11.6 Å². The number of rotatable bonds is 3. The topological polar surface area (TPSA) is 87.9 Å². The van der Waals surface area contributed by atoms with Crippen LogP contribution in [0.3, 0.4) is 0 Å². The van der Waals surface area contributed by atoms with Crippen LogP contribution < -0.4 is 0 Å². The Balaban J connectivity index is 1.99. The highest BCUT2D eigenvalue weighted by molar-refractivity contribution is 6.05. The molecule has 0 aliphatic carbocycles. The predicted octanol–water partition coefficient (Wildman–Crippen LogP) is 1.83. The van der Waals surface area contributed by atoms with Crippen LogP contribution in [0.1, 0.15) is 27.6 Å². The number of amides is 1. The van der Waals surface area contributed by atoms with Gasteiger partial charge in [-0.05, 0) is 19.9 Å². The maximum atomic E-state index is 12.7. The van der Waals surface area contributed by atoms with Crippen molar-refractivity contribution >= 4 is 17.0 Å². The number of aromatic amines is 1. The molecule has 108 valence electrons. The van der Waals surface area contributed by atoms with Crippen LogP contribution in [-0.2, 0) is 6.54 Å². The van der Waals surface area contributed by atoms with Gasteiger partial charge >= 0.3 is 0 Å². The van der Waals surface area contributed by atoms with Crippen molar-refractivity contribution in [1.29, 1.82) is 0 Å². The molecule has 1 N–H and O–H groups in total. The van der Waals surface area contributed by atoms with E-state index < -0.39 is 0 Å². The Morgan fingerprint density at radius 1 is 1.43 bits per heavy atom. The van der Waals surface area contributed by atoms with Crippen molar-refractivity contribution in [2.24, 2.45) is 0 Å². The van der Waals surface area contributed by atoms with E-state index >= 15 is 0 Å². The second kappa shape index (κ2) is 5.01. The lowest BCUT2D eigenvalue weighted by Crippen LogP contribution is -2.27. The number of H-pyrrole nitrogens is 1. The van der Waals surface area contributed by atoms with Gasteiger partial charge in [0.2, 0.25) is 0 Å². The lowest BCUT2D eigenvalue weighted by molar-refractivity contribution is 0.0783. The number of hydrogen-bond donors (Lipinski definition) is 1. The molecule has 3 heterocycles. The zero-order valence-corrected chi connectivity index (χ0v) is 12.0. The third-order valence-corrected chi connectivity index (χ3v) is 3.26. The molecule has 3 rings (SSSR count). The number of fused-ring (bicyclic) bond motifs is 1. The maximum absolute atomic E-state index is 12.7. The van der Waals surface area contributed by atoms with Crippen LogP contribution in [0.25, 0.3) is 11.1 Å². The zero-order chi connectivity index (χ0) is 15.0. The summed E-state index contributed by atoms with van der Waals surface area (Å²) in [5, 5.41) is 4.55. The lowest BCUT2D eigenvalue weighted by atomic mass is 10.1. The van der Waals surface area contributed by atoms with Gasteiger partial charge in [0, 0.05) is 25.1 Å². The summed E-state index contributed by atoms with van der Waals surface area (Å²) < 4.78 is 5.16. The molecule has 0 spiro atoms. The second-order valence-corrected chi connectivity index (χ2v) is 4.96. The van der Waals surface area contributed by atoms with E-state index in [2.05, 4.69) is 20.1 Å². The number of carbonyl (C=O) groups is 1. The van der Waals surface area contributed by atoms with E-state index in [1.807, 2.05) is 6.92 Å². The Hall–Kier alpha value is -2.70. The van der Waals surface area contributed by atoms with Crippen molar-refractivity contribution in [3.63, 3.8) is 0 Å². The first-order valence-electron chi connectivity index (χ1n) is 6.53. The standard InChI is InChI=1S/C14H15N5O2/c1-8-6-10(12-9(2)18-21-13(12)17-8)14(20)19(3)7-11-15-4-5-16-11/h4-6H,7H2,1-3H3,(H,15,16). The Labute approximate surface area is 121 Å². The fourth-order valence-corrected chi connectivity index (χ4v) is 2.27. The maximum Gasteiger partial charge on any atom is 0.258 e. The van der Waals surface area contributed by atoms with Gasteiger partial charge in [0.15, 0.2) is 0 Å². The molecule has 0 aliphatic heterocycles. The minimum absolute atomic E-state index is 0.117. The molecule has 0 aromatic carbocycles. The number of aromatic nitrogens is 4. The normalized spacial score (nSPS) is 11.0. The van der Waals surface area contributed by atoms with Crippen LogP contribution in [0.2, 0.25) is 0 Å². The van der Waals surface area contributed by atoms with E-state index in [9.17, 15) is 4.79 Å². The SMILES string of the molecule is Cc1cc(C(=O)N(C)Cc2ncc[nH]2)c2c(C)noc2n1. The minimum Gasteiger partial charge on any atom is -0.347 e. The molecule has 0 bridgehead atoms. The van der Waals surface area contributed by atoms with E-state index in [1.54, 1.807) is 37.3 Å². The second-order valence-electron chi connectivity index (χ2n) is 4.96. The summed E-state index contributed by atoms with van der Waals surface area (Å²) in [5.41, 5.74) is 2.31. The molecule has 0 atom stereocenters. The van der Waals surface area contributed by atoms with Crippen molar-refractivity contribution < 1.29 is 9.32 Å². The van der Waals surface area contributed by atoms with Gasteiger partial charge in [-0.25, -0.2) is 9.97 Å². The van der Waals surface area contributed by atoms with E-state index in [1.165, 1.54) is 0 Å². The summed E-state index contributed by atoms with van der Waals surface area (Å²) >= 11 is 0. The van der Waals surface area contributed by atoms with Crippen molar-refractivity contribution in [2.75, 3.05) is 7.05 Å². The van der Waals surface area contributed by atoms with Gasteiger partial charge < -0.3 is 14.4 Å². The summed E-state index contributed by atoms with van der Waals surface area (Å²) in [6, 6.07) is 1.76. The van der Waals surface area contributed by atoms with Crippen LogP contribution in [0.15, 0.2) is 23.0 Å². The monoisotopic (exact) mass is 285 g/mol. The molecule has 0 saturated heterocycles. The Morgan fingerprint density at radius 3 is 2.95 bits per heavy atom. The van der Waals surface area contributed by atoms with E-state index in [0.717, 1.165) is 5.82 Å². The average Bonchev–Trinajstić information content (AvgIpc) is 3.07. The smallest absolute Gasteiger partial charge is 0.258 e. The van der Waals surface area contributed by atoms with Gasteiger partial charge in [0.1, 0.15) is 5.82 Å². The zero-order valence-electron chi connectivity index (χ0n) is 12.0. The van der Waals surface area contributed by atoms with Crippen LogP contribution in [0, 0.1) is 13.8 Å². The van der Waals surface area contributed by atoms with Crippen molar-refractivity contribution in [2.45, 2.75) is 20.4 Å². The molecule has 0 radical (unpaired) electrons. The Morgan fingerprint density at radius 2 is 2.24 bits per heavy atom. The van der Waals surface area contributed by atoms with Crippen LogP contribution in [0.4, 0.5) is 0 Å². The molecular weight excluding hydrogens is 270 g/mol. The summed E-state index contributed by atoms with van der Waals surface area (Å²) in [6.45, 7) is 4.02. The van der Waals surface area contributed by atoms with Crippen LogP contribution in [0.5, 0.6) is 0 Å². The first kappa shape index (κ1) is 13.3. The van der Waals surface area contributed by atoms with Gasteiger partial charge in [-0.2, -0.15) is 0 Å². The molecule has 21 heavy (non-hydrogen) atoms. The molecule has 3 aromatic heterocycles. The molecule has 3 aromatic rings. The largest absolute Gasteiger partial charge is 0.347 e. The van der Waals surface area contributed by atoms with E-state index in [4.69, 9.17) is 4.52 Å². The molecule has 1 amide bonds. The highest BCUT2D eigenvalue weighted by atomic mass is 16.5. The Bertz CT molecular complexity index is 791. The van der Waals surface area contributed by atoms with Gasteiger partial charge in [-0.15, -0.1) is 0 Å². The van der Waals surface area contributed by atoms with Crippen LogP contribution >= 0.6 is 0 Å². The van der Waals surface area contributed by atoms with Crippen molar-refractivity contribution in [3.8, 4) is 0 Å². The van der Waals surface area contributed by atoms with E-state index in [-0.39, 0.29) is 5.91 Å². The summed E-state index contributed by atoms with van der Waals surface area (Å²) in [6.07, 6.45) is 3.39. The number of pyridine rings is 1. The molecule has 0 aliphatic rings. The molecule has 0 saturated carbocycles. The number of nitrogens with zero attached hydrogens (tertiary/aromatic N) is 4. The fourth-order valence-electron chi connectivity index (χ4n) is 2.27. The van der Waals surface area contributed by atoms with Crippen LogP contribution in [-0.4, -0.2) is 38.0 Å². The highest BCUT2D eigenvalue weighted by Crippen LogP contribution is 2.23. The van der Waals surface area contributed by atoms with Gasteiger partial charge in [0.05, 0.1) is 23.2 Å². The van der Waals surface area contributed by atoms with Crippen molar-refractivity contribution in [3.05, 3.63) is 41.2 Å². The molecule has 0 fully saturated rings. The molecule has 7 heteroatoms. The number of carbonyl (C=O) groups excluding carboxylic acids is 1.